The number of rotatable bonds is 1. The van der Waals surface area contributed by atoms with Crippen molar-refractivity contribution in [3.8, 4) is 5.75 Å². The lowest BCUT2D eigenvalue weighted by molar-refractivity contribution is -0.112. The van der Waals surface area contributed by atoms with Gasteiger partial charge in [0, 0.05) is 6.07 Å². The van der Waals surface area contributed by atoms with Gasteiger partial charge in [0.05, 0.1) is 18.4 Å². The lowest BCUT2D eigenvalue weighted by Crippen LogP contribution is -2.12. The second kappa shape index (κ2) is 2.80. The fourth-order valence-corrected chi connectivity index (χ4v) is 1.30. The van der Waals surface area contributed by atoms with Crippen LogP contribution in [0.3, 0.4) is 0 Å². The van der Waals surface area contributed by atoms with E-state index in [1.165, 1.54) is 13.2 Å². The standard InChI is InChI=1S/C9H6FNO3/c1-14-7-2-4-6(3-5(7)10)11-9(13)8(4)12/h2-3H,1H3,(H,11,12,13). The smallest absolute Gasteiger partial charge is 0.296 e. The molecule has 72 valence electrons. The Balaban J connectivity index is 2.60. The topological polar surface area (TPSA) is 55.4 Å². The van der Waals surface area contributed by atoms with Gasteiger partial charge in [-0.3, -0.25) is 9.59 Å². The molecule has 14 heavy (non-hydrogen) atoms. The lowest BCUT2D eigenvalue weighted by Gasteiger charge is -2.03. The Morgan fingerprint density at radius 3 is 2.71 bits per heavy atom. The van der Waals surface area contributed by atoms with Crippen LogP contribution in [0.25, 0.3) is 0 Å². The summed E-state index contributed by atoms with van der Waals surface area (Å²) in [5.74, 6) is -2.07. The van der Waals surface area contributed by atoms with E-state index < -0.39 is 17.5 Å². The van der Waals surface area contributed by atoms with Crippen molar-refractivity contribution in [3.63, 3.8) is 0 Å². The average Bonchev–Trinajstić information content (AvgIpc) is 2.41. The molecule has 5 heteroatoms. The summed E-state index contributed by atoms with van der Waals surface area (Å²) in [4.78, 5) is 22.1. The van der Waals surface area contributed by atoms with Crippen LogP contribution in [-0.2, 0) is 4.79 Å². The summed E-state index contributed by atoms with van der Waals surface area (Å²) in [5.41, 5.74) is 0.339. The molecule has 1 amide bonds. The second-order valence-corrected chi connectivity index (χ2v) is 2.82. The van der Waals surface area contributed by atoms with E-state index in [-0.39, 0.29) is 17.0 Å². The number of hydrogen-bond acceptors (Lipinski definition) is 3. The molecule has 0 aliphatic carbocycles. The van der Waals surface area contributed by atoms with Crippen LogP contribution in [0.4, 0.5) is 10.1 Å². The SMILES string of the molecule is COc1cc2c(cc1F)NC(=O)C2=O. The molecule has 0 saturated heterocycles. The summed E-state index contributed by atoms with van der Waals surface area (Å²) in [6.07, 6.45) is 0. The number of ether oxygens (including phenoxy) is 1. The third-order valence-electron chi connectivity index (χ3n) is 1.99. The van der Waals surface area contributed by atoms with Crippen LogP contribution in [0.1, 0.15) is 10.4 Å². The van der Waals surface area contributed by atoms with Gasteiger partial charge in [-0.1, -0.05) is 0 Å². The molecule has 0 spiro atoms. The predicted molar refractivity (Wildman–Crippen MR) is 45.9 cm³/mol. The molecule has 1 heterocycles. The number of benzene rings is 1. The van der Waals surface area contributed by atoms with Crippen molar-refractivity contribution in [3.05, 3.63) is 23.5 Å². The number of carbonyl (C=O) groups is 2. The number of carbonyl (C=O) groups excluding carboxylic acids is 2. The van der Waals surface area contributed by atoms with Crippen LogP contribution >= 0.6 is 0 Å². The van der Waals surface area contributed by atoms with Gasteiger partial charge < -0.3 is 10.1 Å². The van der Waals surface area contributed by atoms with Gasteiger partial charge in [-0.2, -0.15) is 0 Å². The van der Waals surface area contributed by atoms with E-state index in [0.717, 1.165) is 6.07 Å². The van der Waals surface area contributed by atoms with Crippen molar-refractivity contribution >= 4 is 17.4 Å². The van der Waals surface area contributed by atoms with E-state index in [4.69, 9.17) is 0 Å². The van der Waals surface area contributed by atoms with Gasteiger partial charge in [0.15, 0.2) is 11.6 Å². The molecule has 0 unspecified atom stereocenters. The quantitative estimate of drug-likeness (QED) is 0.679. The molecule has 2 rings (SSSR count). The van der Waals surface area contributed by atoms with Crippen molar-refractivity contribution in [2.75, 3.05) is 12.4 Å². The molecule has 1 aliphatic heterocycles. The normalized spacial score (nSPS) is 13.9. The van der Waals surface area contributed by atoms with Crippen molar-refractivity contribution in [2.45, 2.75) is 0 Å². The Hall–Kier alpha value is -1.91. The molecular formula is C9H6FNO3. The first kappa shape index (κ1) is 8.68. The third-order valence-corrected chi connectivity index (χ3v) is 1.99. The number of Topliss-reactive ketones (excluding diaryl/α,β-unsaturated/α-hetero) is 1. The molecular weight excluding hydrogens is 189 g/mol. The monoisotopic (exact) mass is 195 g/mol. The first-order valence-electron chi connectivity index (χ1n) is 3.86. The van der Waals surface area contributed by atoms with Crippen molar-refractivity contribution in [1.29, 1.82) is 0 Å². The van der Waals surface area contributed by atoms with Crippen LogP contribution in [-0.4, -0.2) is 18.8 Å². The minimum atomic E-state index is -0.743. The summed E-state index contributed by atoms with van der Waals surface area (Å²) in [7, 11) is 1.29. The number of ketones is 1. The number of methoxy groups -OCH3 is 1. The largest absolute Gasteiger partial charge is 0.494 e. The van der Waals surface area contributed by atoms with Gasteiger partial charge in [-0.25, -0.2) is 4.39 Å². The minimum absolute atomic E-state index is 0.0476. The van der Waals surface area contributed by atoms with Crippen LogP contribution < -0.4 is 10.1 Å². The maximum atomic E-state index is 13.1. The molecule has 0 atom stereocenters. The van der Waals surface area contributed by atoms with Crippen LogP contribution in [0.2, 0.25) is 0 Å². The highest BCUT2D eigenvalue weighted by Crippen LogP contribution is 2.29. The molecule has 0 aromatic heterocycles. The van der Waals surface area contributed by atoms with Gasteiger partial charge in [-0.05, 0) is 6.07 Å². The fraction of sp³-hybridized carbons (Fsp3) is 0.111. The number of anilines is 1. The maximum absolute atomic E-state index is 13.1. The van der Waals surface area contributed by atoms with E-state index in [0.29, 0.717) is 0 Å². The molecule has 1 aromatic rings. The summed E-state index contributed by atoms with van der Waals surface area (Å²) in [6.45, 7) is 0. The highest BCUT2D eigenvalue weighted by atomic mass is 19.1. The Labute approximate surface area is 78.7 Å². The van der Waals surface area contributed by atoms with E-state index in [1.807, 2.05) is 0 Å². The number of fused-ring (bicyclic) bond motifs is 1. The van der Waals surface area contributed by atoms with Crippen LogP contribution in [0.15, 0.2) is 12.1 Å². The molecule has 0 bridgehead atoms. The number of nitrogens with one attached hydrogen (secondary N) is 1. The summed E-state index contributed by atoms with van der Waals surface area (Å²) in [6, 6.07) is 2.28. The highest BCUT2D eigenvalue weighted by Gasteiger charge is 2.29. The van der Waals surface area contributed by atoms with Gasteiger partial charge in [0.1, 0.15) is 0 Å². The first-order valence-corrected chi connectivity index (χ1v) is 3.86. The molecule has 1 aromatic carbocycles. The third kappa shape index (κ3) is 1.06. The Morgan fingerprint density at radius 2 is 2.07 bits per heavy atom. The molecule has 1 N–H and O–H groups in total. The maximum Gasteiger partial charge on any atom is 0.296 e. The van der Waals surface area contributed by atoms with Crippen LogP contribution in [0.5, 0.6) is 5.75 Å². The van der Waals surface area contributed by atoms with Crippen molar-refractivity contribution < 1.29 is 18.7 Å². The van der Waals surface area contributed by atoms with Crippen LogP contribution in [0, 0.1) is 5.82 Å². The Bertz CT molecular complexity index is 442. The predicted octanol–water partition coefficient (Wildman–Crippen LogP) is 0.969. The summed E-state index contributed by atoms with van der Waals surface area (Å²) >= 11 is 0. The zero-order valence-corrected chi connectivity index (χ0v) is 7.26. The molecule has 4 nitrogen and oxygen atoms in total. The van der Waals surface area contributed by atoms with E-state index >= 15 is 0 Å². The first-order chi connectivity index (χ1) is 6.63. The Kier molecular flexibility index (Phi) is 1.73. The minimum Gasteiger partial charge on any atom is -0.494 e. The average molecular weight is 195 g/mol. The number of halogens is 1. The lowest BCUT2D eigenvalue weighted by atomic mass is 10.1. The zero-order valence-electron chi connectivity index (χ0n) is 7.26. The van der Waals surface area contributed by atoms with Crippen molar-refractivity contribution in [2.24, 2.45) is 0 Å². The number of amides is 1. The molecule has 0 fully saturated rings. The summed E-state index contributed by atoms with van der Waals surface area (Å²) in [5, 5.41) is 2.26. The van der Waals surface area contributed by atoms with Gasteiger partial charge in [-0.15, -0.1) is 0 Å². The summed E-state index contributed by atoms with van der Waals surface area (Å²) < 4.78 is 17.8. The highest BCUT2D eigenvalue weighted by molar-refractivity contribution is 6.51. The van der Waals surface area contributed by atoms with Gasteiger partial charge >= 0.3 is 0 Å². The van der Waals surface area contributed by atoms with Crippen molar-refractivity contribution in [1.82, 2.24) is 0 Å². The molecule has 0 radical (unpaired) electrons. The number of hydrogen-bond donors (Lipinski definition) is 1. The van der Waals surface area contributed by atoms with E-state index in [2.05, 4.69) is 10.1 Å². The second-order valence-electron chi connectivity index (χ2n) is 2.82. The Morgan fingerprint density at radius 1 is 1.36 bits per heavy atom. The molecule has 0 saturated carbocycles. The fourth-order valence-electron chi connectivity index (χ4n) is 1.30. The zero-order chi connectivity index (χ0) is 10.3. The van der Waals surface area contributed by atoms with Gasteiger partial charge in [0.2, 0.25) is 0 Å². The van der Waals surface area contributed by atoms with E-state index in [9.17, 15) is 14.0 Å². The van der Waals surface area contributed by atoms with E-state index in [1.54, 1.807) is 0 Å². The van der Waals surface area contributed by atoms with Gasteiger partial charge in [0.25, 0.3) is 11.7 Å². The molecule has 1 aliphatic rings.